The molecular formula is C52H30N4. The van der Waals surface area contributed by atoms with Crippen LogP contribution in [0.3, 0.4) is 0 Å². The molecule has 0 amide bonds. The van der Waals surface area contributed by atoms with E-state index in [1.165, 1.54) is 81.4 Å². The van der Waals surface area contributed by atoms with Crippen molar-refractivity contribution in [2.45, 2.75) is 0 Å². The third-order valence-corrected chi connectivity index (χ3v) is 12.0. The molecule has 0 saturated carbocycles. The largest absolute Gasteiger partial charge is 0.309 e. The van der Waals surface area contributed by atoms with E-state index in [1.807, 2.05) is 0 Å². The van der Waals surface area contributed by atoms with Gasteiger partial charge in [0.05, 0.1) is 38.8 Å². The summed E-state index contributed by atoms with van der Waals surface area (Å²) in [6.45, 7) is 0. The molecular weight excluding hydrogens is 681 g/mol. The summed E-state index contributed by atoms with van der Waals surface area (Å²) < 4.78 is 4.96. The van der Waals surface area contributed by atoms with Gasteiger partial charge >= 0.3 is 0 Å². The van der Waals surface area contributed by atoms with Crippen LogP contribution in [0.25, 0.3) is 121 Å². The molecule has 56 heavy (non-hydrogen) atoms. The van der Waals surface area contributed by atoms with Crippen molar-refractivity contribution in [1.82, 2.24) is 18.9 Å². The topological polar surface area (TPSA) is 35.1 Å². The average Bonchev–Trinajstić information content (AvgIpc) is 3.91. The number of nitrogens with zero attached hydrogens (tertiary/aromatic N) is 4. The lowest BCUT2D eigenvalue weighted by Crippen LogP contribution is -1.97. The molecule has 0 fully saturated rings. The van der Waals surface area contributed by atoms with E-state index in [9.17, 15) is 0 Å². The molecule has 4 heteroatoms. The van der Waals surface area contributed by atoms with E-state index in [-0.39, 0.29) is 0 Å². The van der Waals surface area contributed by atoms with Crippen LogP contribution in [0, 0.1) is 0 Å². The van der Waals surface area contributed by atoms with Crippen molar-refractivity contribution >= 4 is 92.3 Å². The zero-order valence-electron chi connectivity index (χ0n) is 30.1. The smallest absolute Gasteiger partial charge is 0.160 e. The number of benzene rings is 9. The van der Waals surface area contributed by atoms with Gasteiger partial charge in [-0.15, -0.1) is 0 Å². The van der Waals surface area contributed by atoms with E-state index in [1.54, 1.807) is 0 Å². The van der Waals surface area contributed by atoms with Gasteiger partial charge in [-0.25, -0.2) is 9.97 Å². The molecule has 0 aliphatic carbocycles. The summed E-state index contributed by atoms with van der Waals surface area (Å²) in [5.74, 6) is 0.713. The zero-order chi connectivity index (χ0) is 36.5. The van der Waals surface area contributed by atoms with Gasteiger partial charge in [0, 0.05) is 59.9 Å². The van der Waals surface area contributed by atoms with Gasteiger partial charge in [-0.2, -0.15) is 0 Å². The maximum absolute atomic E-state index is 5.27. The van der Waals surface area contributed by atoms with E-state index in [4.69, 9.17) is 9.97 Å². The molecule has 0 radical (unpaired) electrons. The Morgan fingerprint density at radius 2 is 1.00 bits per heavy atom. The minimum atomic E-state index is 0.713. The van der Waals surface area contributed by atoms with E-state index in [0.29, 0.717) is 5.82 Å². The van der Waals surface area contributed by atoms with Gasteiger partial charge in [0.2, 0.25) is 0 Å². The number of hydrogen-bond acceptors (Lipinski definition) is 2. The van der Waals surface area contributed by atoms with E-state index < -0.39 is 0 Å². The third kappa shape index (κ3) is 3.97. The number of para-hydroxylation sites is 3. The van der Waals surface area contributed by atoms with Crippen molar-refractivity contribution in [3.05, 3.63) is 182 Å². The molecule has 13 aromatic rings. The molecule has 4 aromatic heterocycles. The van der Waals surface area contributed by atoms with Crippen LogP contribution in [0.5, 0.6) is 0 Å². The Bertz CT molecular complexity index is 3760. The van der Waals surface area contributed by atoms with Crippen molar-refractivity contribution in [2.75, 3.05) is 0 Å². The predicted octanol–water partition coefficient (Wildman–Crippen LogP) is 13.5. The van der Waals surface area contributed by atoms with Crippen molar-refractivity contribution in [2.24, 2.45) is 0 Å². The van der Waals surface area contributed by atoms with E-state index in [2.05, 4.69) is 191 Å². The Kier molecular flexibility index (Phi) is 5.86. The lowest BCUT2D eigenvalue weighted by molar-refractivity contribution is 1.18. The number of fused-ring (bicyclic) bond motifs is 14. The van der Waals surface area contributed by atoms with Gasteiger partial charge in [-0.05, 0) is 70.8 Å². The molecule has 258 valence electrons. The molecule has 0 atom stereocenters. The third-order valence-electron chi connectivity index (χ3n) is 12.0. The summed E-state index contributed by atoms with van der Waals surface area (Å²) in [5, 5.41) is 13.6. The van der Waals surface area contributed by atoms with Crippen molar-refractivity contribution in [3.63, 3.8) is 0 Å². The molecule has 0 unspecified atom stereocenters. The van der Waals surface area contributed by atoms with Gasteiger partial charge in [0.1, 0.15) is 0 Å². The first-order valence-electron chi connectivity index (χ1n) is 19.2. The lowest BCUT2D eigenvalue weighted by Gasteiger charge is -2.12. The molecule has 0 bridgehead atoms. The SMILES string of the molecule is c1ccc2cc(-c3nc(-c4ccc(-n5c6cc7c8ccccc8n8c9ccccc9c(c6c6ccc9ccccc9c65)c78)cc4)nc4ccccc34)ccc2c1. The highest BCUT2D eigenvalue weighted by Gasteiger charge is 2.25. The number of hydrogen-bond donors (Lipinski definition) is 0. The minimum Gasteiger partial charge on any atom is -0.309 e. The van der Waals surface area contributed by atoms with Gasteiger partial charge in [0.25, 0.3) is 0 Å². The highest BCUT2D eigenvalue weighted by Crippen LogP contribution is 2.47. The molecule has 4 heterocycles. The standard InChI is InChI=1S/C52H30N4/c1-2-13-34-29-35(22-21-31(34)11-1)49-39-16-5-8-18-43(39)53-52(54-49)33-23-26-36(27-24-33)55-46-30-42-38-15-6-9-19-44(38)56-45-20-10-7-17-40(45)48(51(42)56)47(46)41-28-25-32-12-3-4-14-37(32)50(41)55/h1-30H. The second kappa shape index (κ2) is 11.0. The maximum Gasteiger partial charge on any atom is 0.160 e. The molecule has 9 aromatic carbocycles. The van der Waals surface area contributed by atoms with Gasteiger partial charge < -0.3 is 8.97 Å². The molecule has 13 rings (SSSR count). The summed E-state index contributed by atoms with van der Waals surface area (Å²) in [5.41, 5.74) is 11.2. The molecule has 0 saturated heterocycles. The molecule has 0 aliphatic heterocycles. The Labute approximate surface area is 320 Å². The second-order valence-corrected chi connectivity index (χ2v) is 15.0. The van der Waals surface area contributed by atoms with Crippen LogP contribution in [0.1, 0.15) is 0 Å². The fourth-order valence-corrected chi connectivity index (χ4v) is 9.56. The van der Waals surface area contributed by atoms with E-state index in [0.717, 1.165) is 33.4 Å². The fraction of sp³-hybridized carbons (Fsp3) is 0. The molecule has 0 spiro atoms. The lowest BCUT2D eigenvalue weighted by atomic mass is 10.0. The molecule has 0 aliphatic rings. The van der Waals surface area contributed by atoms with Crippen molar-refractivity contribution < 1.29 is 0 Å². The summed E-state index contributed by atoms with van der Waals surface area (Å²) in [6, 6.07) is 65.8. The van der Waals surface area contributed by atoms with Crippen LogP contribution in [0.4, 0.5) is 0 Å². The quantitative estimate of drug-likeness (QED) is 0.183. The van der Waals surface area contributed by atoms with Gasteiger partial charge in [-0.3, -0.25) is 0 Å². The van der Waals surface area contributed by atoms with Crippen LogP contribution in [0.15, 0.2) is 182 Å². The van der Waals surface area contributed by atoms with Crippen LogP contribution < -0.4 is 0 Å². The average molecular weight is 711 g/mol. The first-order chi connectivity index (χ1) is 27.8. The monoisotopic (exact) mass is 710 g/mol. The first-order valence-corrected chi connectivity index (χ1v) is 19.2. The highest BCUT2D eigenvalue weighted by atomic mass is 15.0. The number of rotatable bonds is 3. The fourth-order valence-electron chi connectivity index (χ4n) is 9.56. The first kappa shape index (κ1) is 29.8. The van der Waals surface area contributed by atoms with Crippen LogP contribution >= 0.6 is 0 Å². The zero-order valence-corrected chi connectivity index (χ0v) is 30.1. The van der Waals surface area contributed by atoms with Crippen LogP contribution in [0.2, 0.25) is 0 Å². The highest BCUT2D eigenvalue weighted by molar-refractivity contribution is 6.37. The summed E-state index contributed by atoms with van der Waals surface area (Å²) >= 11 is 0. The Morgan fingerprint density at radius 3 is 1.84 bits per heavy atom. The molecule has 0 N–H and O–H groups in total. The van der Waals surface area contributed by atoms with Gasteiger partial charge in [-0.1, -0.05) is 127 Å². The van der Waals surface area contributed by atoms with E-state index >= 15 is 0 Å². The second-order valence-electron chi connectivity index (χ2n) is 15.0. The van der Waals surface area contributed by atoms with Crippen LogP contribution in [-0.2, 0) is 0 Å². The summed E-state index contributed by atoms with van der Waals surface area (Å²) in [4.78, 5) is 10.4. The number of aromatic nitrogens is 4. The summed E-state index contributed by atoms with van der Waals surface area (Å²) in [7, 11) is 0. The van der Waals surface area contributed by atoms with Gasteiger partial charge in [0.15, 0.2) is 5.82 Å². The Balaban J connectivity index is 1.08. The molecule has 4 nitrogen and oxygen atoms in total. The normalized spacial score (nSPS) is 12.3. The summed E-state index contributed by atoms with van der Waals surface area (Å²) in [6.07, 6.45) is 0. The van der Waals surface area contributed by atoms with Crippen LogP contribution in [-0.4, -0.2) is 18.9 Å². The minimum absolute atomic E-state index is 0.713. The maximum atomic E-state index is 5.27. The Morgan fingerprint density at radius 1 is 0.357 bits per heavy atom. The van der Waals surface area contributed by atoms with Crippen molar-refractivity contribution in [3.8, 4) is 28.3 Å². The predicted molar refractivity (Wildman–Crippen MR) is 234 cm³/mol. The Hall–Kier alpha value is -7.56. The van der Waals surface area contributed by atoms with Crippen molar-refractivity contribution in [1.29, 1.82) is 0 Å².